The van der Waals surface area contributed by atoms with Gasteiger partial charge in [0.1, 0.15) is 6.33 Å². The molecule has 7 heteroatoms. The van der Waals surface area contributed by atoms with E-state index in [1.165, 1.54) is 17.7 Å². The Bertz CT molecular complexity index is 762. The van der Waals surface area contributed by atoms with Crippen LogP contribution < -0.4 is 0 Å². The molecule has 0 N–H and O–H groups in total. The van der Waals surface area contributed by atoms with Gasteiger partial charge in [0.2, 0.25) is 5.91 Å². The Morgan fingerprint density at radius 3 is 2.69 bits per heavy atom. The van der Waals surface area contributed by atoms with Gasteiger partial charge in [0.15, 0.2) is 0 Å². The number of thiophene rings is 1. The number of aryl methyl sites for hydroxylation is 1. The Labute approximate surface area is 157 Å². The van der Waals surface area contributed by atoms with Crippen molar-refractivity contribution in [2.24, 2.45) is 0 Å². The highest BCUT2D eigenvalue weighted by Crippen LogP contribution is 2.23. The van der Waals surface area contributed by atoms with Crippen LogP contribution in [0.4, 0.5) is 0 Å². The SMILES string of the molecule is CC(=O)N(Cc1cncnc1)[C@@H]1CCCN(C(=O)c2sccc2C)CC1. The minimum absolute atomic E-state index is 0.0488. The number of nitrogens with zero attached hydrogens (tertiary/aromatic N) is 4. The summed E-state index contributed by atoms with van der Waals surface area (Å²) in [5.41, 5.74) is 1.96. The molecule has 2 aromatic rings. The molecule has 0 radical (unpaired) electrons. The van der Waals surface area contributed by atoms with Gasteiger partial charge in [-0.2, -0.15) is 0 Å². The van der Waals surface area contributed by atoms with Crippen LogP contribution in [-0.2, 0) is 11.3 Å². The maximum absolute atomic E-state index is 12.8. The van der Waals surface area contributed by atoms with Crippen LogP contribution in [0.15, 0.2) is 30.2 Å². The highest BCUT2D eigenvalue weighted by molar-refractivity contribution is 7.12. The molecule has 1 atom stereocenters. The second-order valence-electron chi connectivity index (χ2n) is 6.70. The van der Waals surface area contributed by atoms with E-state index in [4.69, 9.17) is 0 Å². The van der Waals surface area contributed by atoms with Gasteiger partial charge in [0, 0.05) is 50.6 Å². The van der Waals surface area contributed by atoms with Crippen LogP contribution in [0.2, 0.25) is 0 Å². The zero-order chi connectivity index (χ0) is 18.5. The fourth-order valence-electron chi connectivity index (χ4n) is 3.43. The molecular formula is C19H24N4O2S. The topological polar surface area (TPSA) is 66.4 Å². The number of aromatic nitrogens is 2. The van der Waals surface area contributed by atoms with Crippen molar-refractivity contribution >= 4 is 23.2 Å². The molecule has 0 aliphatic carbocycles. The monoisotopic (exact) mass is 372 g/mol. The van der Waals surface area contributed by atoms with Crippen LogP contribution in [0.5, 0.6) is 0 Å². The van der Waals surface area contributed by atoms with Crippen molar-refractivity contribution in [1.82, 2.24) is 19.8 Å². The third-order valence-corrected chi connectivity index (χ3v) is 5.86. The lowest BCUT2D eigenvalue weighted by Crippen LogP contribution is -2.39. The summed E-state index contributed by atoms with van der Waals surface area (Å²) in [5.74, 6) is 0.164. The van der Waals surface area contributed by atoms with Gasteiger partial charge in [-0.3, -0.25) is 9.59 Å². The lowest BCUT2D eigenvalue weighted by Gasteiger charge is -2.30. The van der Waals surface area contributed by atoms with Crippen LogP contribution in [0.25, 0.3) is 0 Å². The molecule has 3 rings (SSSR count). The molecule has 138 valence electrons. The van der Waals surface area contributed by atoms with Gasteiger partial charge in [0.25, 0.3) is 5.91 Å². The molecule has 1 aliphatic rings. The summed E-state index contributed by atoms with van der Waals surface area (Å²) < 4.78 is 0. The van der Waals surface area contributed by atoms with E-state index in [2.05, 4.69) is 9.97 Å². The summed E-state index contributed by atoms with van der Waals surface area (Å²) >= 11 is 1.50. The average molecular weight is 372 g/mol. The second kappa shape index (κ2) is 8.40. The molecule has 26 heavy (non-hydrogen) atoms. The van der Waals surface area contributed by atoms with Crippen LogP contribution in [-0.4, -0.2) is 50.7 Å². The summed E-state index contributed by atoms with van der Waals surface area (Å²) in [4.78, 5) is 37.7. The first-order valence-corrected chi connectivity index (χ1v) is 9.78. The molecule has 0 bridgehead atoms. The fourth-order valence-corrected chi connectivity index (χ4v) is 4.33. The highest BCUT2D eigenvalue weighted by Gasteiger charge is 2.27. The number of likely N-dealkylation sites (tertiary alicyclic amines) is 1. The molecule has 1 aliphatic heterocycles. The molecule has 6 nitrogen and oxygen atoms in total. The van der Waals surface area contributed by atoms with Crippen molar-refractivity contribution in [2.45, 2.75) is 45.7 Å². The van der Waals surface area contributed by atoms with Gasteiger partial charge in [-0.15, -0.1) is 11.3 Å². The van der Waals surface area contributed by atoms with Gasteiger partial charge in [-0.05, 0) is 43.2 Å². The summed E-state index contributed by atoms with van der Waals surface area (Å²) in [6.45, 7) is 5.51. The van der Waals surface area contributed by atoms with Crippen LogP contribution in [0.3, 0.4) is 0 Å². The molecule has 0 spiro atoms. The Morgan fingerprint density at radius 2 is 2.04 bits per heavy atom. The Kier molecular flexibility index (Phi) is 5.98. The maximum atomic E-state index is 12.8. The van der Waals surface area contributed by atoms with Crippen molar-refractivity contribution in [1.29, 1.82) is 0 Å². The van der Waals surface area contributed by atoms with Crippen LogP contribution in [0.1, 0.15) is 47.0 Å². The van der Waals surface area contributed by atoms with Crippen molar-refractivity contribution in [3.05, 3.63) is 46.2 Å². The fraction of sp³-hybridized carbons (Fsp3) is 0.474. The van der Waals surface area contributed by atoms with Crippen LogP contribution >= 0.6 is 11.3 Å². The van der Waals surface area contributed by atoms with Crippen LogP contribution in [0, 0.1) is 6.92 Å². The number of carbonyl (C=O) groups is 2. The standard InChI is InChI=1S/C19H24N4O2S/c1-14-6-9-26-18(14)19(25)22-7-3-4-17(5-8-22)23(15(2)24)12-16-10-20-13-21-11-16/h6,9-11,13,17H,3-5,7-8,12H2,1-2H3/t17-/m1/s1. The first-order valence-electron chi connectivity index (χ1n) is 8.90. The number of carbonyl (C=O) groups excluding carboxylic acids is 2. The summed E-state index contributed by atoms with van der Waals surface area (Å²) in [6, 6.07) is 2.12. The van der Waals surface area contributed by atoms with Gasteiger partial charge in [0.05, 0.1) is 4.88 Å². The zero-order valence-electron chi connectivity index (χ0n) is 15.2. The largest absolute Gasteiger partial charge is 0.338 e. The third kappa shape index (κ3) is 4.27. The lowest BCUT2D eigenvalue weighted by atomic mass is 10.1. The molecule has 0 unspecified atom stereocenters. The number of rotatable bonds is 4. The molecule has 0 saturated carbocycles. The van der Waals surface area contributed by atoms with Crippen molar-refractivity contribution in [3.63, 3.8) is 0 Å². The quantitative estimate of drug-likeness (QED) is 0.828. The Hall–Kier alpha value is -2.28. The van der Waals surface area contributed by atoms with Crippen molar-refractivity contribution < 1.29 is 9.59 Å². The van der Waals surface area contributed by atoms with Gasteiger partial charge >= 0.3 is 0 Å². The van der Waals surface area contributed by atoms with Crippen molar-refractivity contribution in [3.8, 4) is 0 Å². The number of amides is 2. The third-order valence-electron chi connectivity index (χ3n) is 4.85. The molecule has 1 fully saturated rings. The predicted octanol–water partition coefficient (Wildman–Crippen LogP) is 2.89. The maximum Gasteiger partial charge on any atom is 0.264 e. The summed E-state index contributed by atoms with van der Waals surface area (Å²) in [7, 11) is 0. The normalized spacial score (nSPS) is 17.6. The molecule has 1 saturated heterocycles. The molecule has 2 amide bonds. The first-order chi connectivity index (χ1) is 12.6. The lowest BCUT2D eigenvalue weighted by molar-refractivity contribution is -0.132. The van der Waals surface area contributed by atoms with E-state index in [0.717, 1.165) is 41.8 Å². The Morgan fingerprint density at radius 1 is 1.27 bits per heavy atom. The van der Waals surface area contributed by atoms with E-state index >= 15 is 0 Å². The smallest absolute Gasteiger partial charge is 0.264 e. The van der Waals surface area contributed by atoms with E-state index in [1.807, 2.05) is 28.2 Å². The second-order valence-corrected chi connectivity index (χ2v) is 7.62. The zero-order valence-corrected chi connectivity index (χ0v) is 16.0. The summed E-state index contributed by atoms with van der Waals surface area (Å²) in [5, 5.41) is 1.96. The Balaban J connectivity index is 1.67. The minimum atomic E-state index is 0.0488. The summed E-state index contributed by atoms with van der Waals surface area (Å²) in [6.07, 6.45) is 7.58. The minimum Gasteiger partial charge on any atom is -0.338 e. The molecule has 2 aromatic heterocycles. The molecule has 3 heterocycles. The highest BCUT2D eigenvalue weighted by atomic mass is 32.1. The van der Waals surface area contributed by atoms with Crippen molar-refractivity contribution in [2.75, 3.05) is 13.1 Å². The van der Waals surface area contributed by atoms with Gasteiger partial charge < -0.3 is 9.80 Å². The van der Waals surface area contributed by atoms with E-state index in [0.29, 0.717) is 13.1 Å². The van der Waals surface area contributed by atoms with E-state index in [-0.39, 0.29) is 17.9 Å². The van der Waals surface area contributed by atoms with E-state index < -0.39 is 0 Å². The van der Waals surface area contributed by atoms with Gasteiger partial charge in [-0.25, -0.2) is 9.97 Å². The molecular weight excluding hydrogens is 348 g/mol. The van der Waals surface area contributed by atoms with E-state index in [1.54, 1.807) is 19.3 Å². The number of hydrogen-bond acceptors (Lipinski definition) is 5. The average Bonchev–Trinajstić information content (AvgIpc) is 2.92. The predicted molar refractivity (Wildman–Crippen MR) is 101 cm³/mol. The van der Waals surface area contributed by atoms with Gasteiger partial charge in [-0.1, -0.05) is 0 Å². The molecule has 0 aromatic carbocycles. The first kappa shape index (κ1) is 18.5. The number of hydrogen-bond donors (Lipinski definition) is 0. The van der Waals surface area contributed by atoms with E-state index in [9.17, 15) is 9.59 Å².